The summed E-state index contributed by atoms with van der Waals surface area (Å²) in [5.74, 6) is 0. The molecule has 0 aliphatic heterocycles. The van der Waals surface area contributed by atoms with Crippen molar-refractivity contribution in [2.75, 3.05) is 0 Å². The average molecular weight is 115 g/mol. The van der Waals surface area contributed by atoms with E-state index in [0.717, 1.165) is 25.7 Å². The second kappa shape index (κ2) is 2.11. The Morgan fingerprint density at radius 2 is 1.88 bits per heavy atom. The molecular formula is C5H9NO2. The summed E-state index contributed by atoms with van der Waals surface area (Å²) in [6.07, 6.45) is 3.69. The van der Waals surface area contributed by atoms with Crippen LogP contribution in [-0.4, -0.2) is 11.0 Å². The van der Waals surface area contributed by atoms with Crippen molar-refractivity contribution in [2.45, 2.75) is 31.7 Å². The Hall–Kier alpha value is -0.600. The predicted molar refractivity (Wildman–Crippen MR) is 29.3 cm³/mol. The average Bonchev–Trinajstić information content (AvgIpc) is 2.12. The number of hydrogen-bond acceptors (Lipinski definition) is 2. The lowest BCUT2D eigenvalue weighted by Crippen LogP contribution is -2.13. The zero-order chi connectivity index (χ0) is 5.98. The lowest BCUT2D eigenvalue weighted by molar-refractivity contribution is -0.520. The van der Waals surface area contributed by atoms with Crippen LogP contribution < -0.4 is 0 Å². The van der Waals surface area contributed by atoms with E-state index in [1.807, 2.05) is 0 Å². The van der Waals surface area contributed by atoms with Gasteiger partial charge in [-0.2, -0.15) is 0 Å². The van der Waals surface area contributed by atoms with Crippen molar-refractivity contribution < 1.29 is 4.92 Å². The van der Waals surface area contributed by atoms with Crippen molar-refractivity contribution in [2.24, 2.45) is 0 Å². The fourth-order valence-electron chi connectivity index (χ4n) is 1.12. The van der Waals surface area contributed by atoms with Crippen LogP contribution in [0.1, 0.15) is 25.7 Å². The summed E-state index contributed by atoms with van der Waals surface area (Å²) in [5, 5.41) is 10.0. The summed E-state index contributed by atoms with van der Waals surface area (Å²) >= 11 is 0. The molecule has 0 radical (unpaired) electrons. The molecule has 0 N–H and O–H groups in total. The minimum absolute atomic E-state index is 0.160. The second-order valence-corrected chi connectivity index (χ2v) is 2.22. The molecule has 0 heterocycles. The Bertz CT molecular complexity index is 96.6. The highest BCUT2D eigenvalue weighted by Crippen LogP contribution is 2.19. The normalized spacial score (nSPS) is 21.5. The van der Waals surface area contributed by atoms with Gasteiger partial charge in [-0.25, -0.2) is 0 Å². The smallest absolute Gasteiger partial charge is 0.213 e. The van der Waals surface area contributed by atoms with E-state index >= 15 is 0 Å². The Morgan fingerprint density at radius 3 is 2.12 bits per heavy atom. The van der Waals surface area contributed by atoms with Gasteiger partial charge in [0.25, 0.3) is 0 Å². The highest BCUT2D eigenvalue weighted by atomic mass is 16.6. The van der Waals surface area contributed by atoms with Crippen LogP contribution in [0.3, 0.4) is 0 Å². The second-order valence-electron chi connectivity index (χ2n) is 2.22. The number of hydrogen-bond donors (Lipinski definition) is 0. The topological polar surface area (TPSA) is 43.1 Å². The first-order valence-electron chi connectivity index (χ1n) is 2.94. The van der Waals surface area contributed by atoms with Crippen LogP contribution >= 0.6 is 0 Å². The molecule has 0 spiro atoms. The molecule has 0 atom stereocenters. The van der Waals surface area contributed by atoms with E-state index in [0.29, 0.717) is 0 Å². The first-order valence-corrected chi connectivity index (χ1v) is 2.94. The highest BCUT2D eigenvalue weighted by molar-refractivity contribution is 4.64. The quantitative estimate of drug-likeness (QED) is 0.380. The summed E-state index contributed by atoms with van der Waals surface area (Å²) in [6.45, 7) is 0. The highest BCUT2D eigenvalue weighted by Gasteiger charge is 2.23. The summed E-state index contributed by atoms with van der Waals surface area (Å²) in [7, 11) is 0. The van der Waals surface area contributed by atoms with Gasteiger partial charge in [-0.3, -0.25) is 10.1 Å². The first kappa shape index (κ1) is 5.54. The number of rotatable bonds is 1. The first-order chi connectivity index (χ1) is 3.80. The van der Waals surface area contributed by atoms with Crippen LogP contribution in [0.5, 0.6) is 0 Å². The zero-order valence-electron chi connectivity index (χ0n) is 4.67. The molecule has 0 unspecified atom stereocenters. The SMILES string of the molecule is O=[N+]([O-])C1CCCC1. The van der Waals surface area contributed by atoms with Crippen LogP contribution in [0.4, 0.5) is 0 Å². The third-order valence-corrected chi connectivity index (χ3v) is 1.62. The molecule has 0 aromatic heterocycles. The third-order valence-electron chi connectivity index (χ3n) is 1.62. The molecular weight excluding hydrogens is 106 g/mol. The monoisotopic (exact) mass is 115 g/mol. The van der Waals surface area contributed by atoms with E-state index in [1.54, 1.807) is 0 Å². The summed E-state index contributed by atoms with van der Waals surface area (Å²) in [5.41, 5.74) is 0. The minimum Gasteiger partial charge on any atom is -0.264 e. The van der Waals surface area contributed by atoms with Crippen LogP contribution in [0.2, 0.25) is 0 Å². The van der Waals surface area contributed by atoms with Crippen molar-refractivity contribution in [3.05, 3.63) is 10.1 Å². The molecule has 1 rings (SSSR count). The molecule has 0 aromatic rings. The molecule has 3 nitrogen and oxygen atoms in total. The van der Waals surface area contributed by atoms with E-state index in [9.17, 15) is 10.1 Å². The summed E-state index contributed by atoms with van der Waals surface area (Å²) in [6, 6.07) is -0.213. The Morgan fingerprint density at radius 1 is 1.38 bits per heavy atom. The molecule has 1 aliphatic rings. The van der Waals surface area contributed by atoms with Gasteiger partial charge in [-0.1, -0.05) is 0 Å². The fraction of sp³-hybridized carbons (Fsp3) is 1.00. The van der Waals surface area contributed by atoms with E-state index < -0.39 is 0 Å². The molecule has 46 valence electrons. The molecule has 0 saturated heterocycles. The molecule has 1 fully saturated rings. The Balaban J connectivity index is 2.35. The van der Waals surface area contributed by atoms with Crippen LogP contribution in [0, 0.1) is 10.1 Å². The van der Waals surface area contributed by atoms with Gasteiger partial charge in [0.05, 0.1) is 0 Å². The molecule has 0 amide bonds. The van der Waals surface area contributed by atoms with Crippen LogP contribution in [-0.2, 0) is 0 Å². The molecule has 1 saturated carbocycles. The van der Waals surface area contributed by atoms with Crippen molar-refractivity contribution in [1.29, 1.82) is 0 Å². The Labute approximate surface area is 47.8 Å². The predicted octanol–water partition coefficient (Wildman–Crippen LogP) is 1.21. The number of nitrogens with zero attached hydrogens (tertiary/aromatic N) is 1. The maximum Gasteiger partial charge on any atom is 0.213 e. The standard InChI is InChI=1S/C5H9NO2/c7-6(8)5-3-1-2-4-5/h5H,1-4H2. The lowest BCUT2D eigenvalue weighted by Gasteiger charge is -1.95. The van der Waals surface area contributed by atoms with E-state index in [2.05, 4.69) is 0 Å². The summed E-state index contributed by atoms with van der Waals surface area (Å²) < 4.78 is 0. The molecule has 8 heavy (non-hydrogen) atoms. The van der Waals surface area contributed by atoms with Crippen molar-refractivity contribution in [3.8, 4) is 0 Å². The van der Waals surface area contributed by atoms with Crippen LogP contribution in [0.25, 0.3) is 0 Å². The molecule has 0 bridgehead atoms. The Kier molecular flexibility index (Phi) is 1.46. The van der Waals surface area contributed by atoms with Gasteiger partial charge in [0.1, 0.15) is 0 Å². The summed E-state index contributed by atoms with van der Waals surface area (Å²) in [4.78, 5) is 9.85. The van der Waals surface area contributed by atoms with Gasteiger partial charge in [0.2, 0.25) is 6.04 Å². The number of nitro groups is 1. The van der Waals surface area contributed by atoms with Crippen molar-refractivity contribution >= 4 is 0 Å². The van der Waals surface area contributed by atoms with E-state index in [1.165, 1.54) is 0 Å². The van der Waals surface area contributed by atoms with E-state index in [-0.39, 0.29) is 11.0 Å². The third kappa shape index (κ3) is 0.967. The maximum atomic E-state index is 10.0. The fourth-order valence-corrected chi connectivity index (χ4v) is 1.12. The van der Waals surface area contributed by atoms with Gasteiger partial charge in [-0.05, 0) is 12.8 Å². The van der Waals surface area contributed by atoms with Gasteiger partial charge < -0.3 is 0 Å². The zero-order valence-corrected chi connectivity index (χ0v) is 4.67. The van der Waals surface area contributed by atoms with Crippen LogP contribution in [0.15, 0.2) is 0 Å². The van der Waals surface area contributed by atoms with Gasteiger partial charge in [0.15, 0.2) is 0 Å². The lowest BCUT2D eigenvalue weighted by atomic mass is 10.3. The van der Waals surface area contributed by atoms with Gasteiger partial charge >= 0.3 is 0 Å². The minimum atomic E-state index is -0.213. The largest absolute Gasteiger partial charge is 0.264 e. The maximum absolute atomic E-state index is 10.0. The van der Waals surface area contributed by atoms with Crippen molar-refractivity contribution in [1.82, 2.24) is 0 Å². The van der Waals surface area contributed by atoms with Gasteiger partial charge in [-0.15, -0.1) is 0 Å². The molecule has 3 heteroatoms. The van der Waals surface area contributed by atoms with Crippen molar-refractivity contribution in [3.63, 3.8) is 0 Å². The van der Waals surface area contributed by atoms with Gasteiger partial charge in [0, 0.05) is 17.8 Å². The molecule has 0 aromatic carbocycles. The molecule has 1 aliphatic carbocycles. The van der Waals surface area contributed by atoms with E-state index in [4.69, 9.17) is 0 Å².